The predicted octanol–water partition coefficient (Wildman–Crippen LogP) is 3.07. The van der Waals surface area contributed by atoms with Gasteiger partial charge in [0.2, 0.25) is 0 Å². The molecule has 0 heterocycles. The van der Waals surface area contributed by atoms with Crippen LogP contribution in [0, 0.1) is 5.92 Å². The zero-order valence-corrected chi connectivity index (χ0v) is 9.38. The van der Waals surface area contributed by atoms with E-state index in [1.54, 1.807) is 0 Å². The van der Waals surface area contributed by atoms with Crippen molar-refractivity contribution in [1.29, 1.82) is 0 Å². The largest absolute Gasteiger partial charge is 0.459 e. The zero-order valence-electron chi connectivity index (χ0n) is 9.38. The Kier molecular flexibility index (Phi) is 4.18. The summed E-state index contributed by atoms with van der Waals surface area (Å²) in [6.07, 6.45) is 6.52. The van der Waals surface area contributed by atoms with Gasteiger partial charge in [-0.05, 0) is 39.0 Å². The van der Waals surface area contributed by atoms with E-state index in [1.807, 2.05) is 19.9 Å². The molecule has 0 bridgehead atoms. The molecule has 1 fully saturated rings. The highest BCUT2D eigenvalue weighted by Crippen LogP contribution is 2.34. The van der Waals surface area contributed by atoms with Crippen molar-refractivity contribution in [3.8, 4) is 0 Å². The first-order valence-electron chi connectivity index (χ1n) is 5.53. The van der Waals surface area contributed by atoms with Gasteiger partial charge in [0, 0.05) is 5.57 Å². The minimum Gasteiger partial charge on any atom is -0.459 e. The van der Waals surface area contributed by atoms with Gasteiger partial charge >= 0.3 is 5.97 Å². The number of hydrogen-bond acceptors (Lipinski definition) is 2. The van der Waals surface area contributed by atoms with Crippen LogP contribution < -0.4 is 0 Å². The lowest BCUT2D eigenvalue weighted by Crippen LogP contribution is -2.17. The van der Waals surface area contributed by atoms with Gasteiger partial charge in [0.05, 0.1) is 0 Å². The summed E-state index contributed by atoms with van der Waals surface area (Å²) in [7, 11) is 0. The van der Waals surface area contributed by atoms with Gasteiger partial charge < -0.3 is 4.74 Å². The average Bonchev–Trinajstić information content (AvgIpc) is 2.96. The molecule has 0 amide bonds. The van der Waals surface area contributed by atoms with Crippen molar-refractivity contribution in [3.05, 3.63) is 11.6 Å². The molecule has 1 rings (SSSR count). The quantitative estimate of drug-likeness (QED) is 0.499. The summed E-state index contributed by atoms with van der Waals surface area (Å²) in [5, 5.41) is 0. The third kappa shape index (κ3) is 3.52. The summed E-state index contributed by atoms with van der Waals surface area (Å²) < 4.78 is 5.33. The molecule has 0 aliphatic heterocycles. The molecule has 0 spiro atoms. The highest BCUT2D eigenvalue weighted by atomic mass is 16.5. The molecular formula is C12H20O2. The normalized spacial score (nSPS) is 19.2. The molecule has 1 unspecified atom stereocenters. The Hall–Kier alpha value is -0.790. The number of allylic oxidation sites excluding steroid dienone is 1. The Balaban J connectivity index is 2.32. The van der Waals surface area contributed by atoms with E-state index >= 15 is 0 Å². The van der Waals surface area contributed by atoms with Gasteiger partial charge in [-0.25, -0.2) is 4.79 Å². The summed E-state index contributed by atoms with van der Waals surface area (Å²) in [6.45, 7) is 5.92. The van der Waals surface area contributed by atoms with Crippen LogP contribution in [-0.2, 0) is 9.53 Å². The molecule has 0 N–H and O–H groups in total. The first-order chi connectivity index (χ1) is 6.65. The summed E-state index contributed by atoms with van der Waals surface area (Å²) in [6, 6.07) is 0. The highest BCUT2D eigenvalue weighted by Gasteiger charge is 2.30. The maximum Gasteiger partial charge on any atom is 0.333 e. The first kappa shape index (κ1) is 11.3. The van der Waals surface area contributed by atoms with E-state index in [0.717, 1.165) is 18.4 Å². The third-order valence-corrected chi connectivity index (χ3v) is 2.64. The second-order valence-electron chi connectivity index (χ2n) is 4.12. The van der Waals surface area contributed by atoms with E-state index in [-0.39, 0.29) is 12.1 Å². The molecule has 0 aromatic heterocycles. The Morgan fingerprint density at radius 1 is 1.57 bits per heavy atom. The molecule has 0 radical (unpaired) electrons. The van der Waals surface area contributed by atoms with Crippen molar-refractivity contribution in [2.45, 2.75) is 52.6 Å². The molecule has 0 aromatic rings. The number of esters is 1. The molecule has 80 valence electrons. The first-order valence-corrected chi connectivity index (χ1v) is 5.53. The van der Waals surface area contributed by atoms with Crippen molar-refractivity contribution in [1.82, 2.24) is 0 Å². The molecule has 2 nitrogen and oxygen atoms in total. The molecule has 1 saturated carbocycles. The Morgan fingerprint density at radius 2 is 2.21 bits per heavy atom. The molecule has 1 atom stereocenters. The molecule has 1 aliphatic rings. The number of rotatable bonds is 5. The molecule has 0 saturated heterocycles. The molecule has 1 aliphatic carbocycles. The minimum absolute atomic E-state index is 0.104. The van der Waals surface area contributed by atoms with Gasteiger partial charge in [-0.3, -0.25) is 0 Å². The summed E-state index contributed by atoms with van der Waals surface area (Å²) in [5.41, 5.74) is 0.749. The molecular weight excluding hydrogens is 176 g/mol. The maximum atomic E-state index is 11.5. The van der Waals surface area contributed by atoms with Crippen molar-refractivity contribution in [2.24, 2.45) is 5.92 Å². The number of ether oxygens (including phenoxy) is 1. The molecule has 2 heteroatoms. The minimum atomic E-state index is -0.141. The fourth-order valence-electron chi connectivity index (χ4n) is 1.37. The van der Waals surface area contributed by atoms with Crippen LogP contribution in [0.5, 0.6) is 0 Å². The zero-order chi connectivity index (χ0) is 10.6. The third-order valence-electron chi connectivity index (χ3n) is 2.64. The topological polar surface area (TPSA) is 26.3 Å². The lowest BCUT2D eigenvalue weighted by atomic mass is 10.2. The van der Waals surface area contributed by atoms with E-state index in [1.165, 1.54) is 12.8 Å². The van der Waals surface area contributed by atoms with E-state index in [9.17, 15) is 4.79 Å². The Labute approximate surface area is 86.3 Å². The number of carbonyl (C=O) groups is 1. The van der Waals surface area contributed by atoms with Crippen LogP contribution in [0.4, 0.5) is 0 Å². The number of hydrogen-bond donors (Lipinski definition) is 0. The van der Waals surface area contributed by atoms with E-state index in [2.05, 4.69) is 6.92 Å². The standard InChI is InChI=1S/C12H20O2/c1-4-5-6-9(2)12(13)14-10(3)11-7-8-11/h6,10-11H,4-5,7-8H2,1-3H3. The van der Waals surface area contributed by atoms with Gasteiger partial charge in [-0.15, -0.1) is 0 Å². The summed E-state index contributed by atoms with van der Waals surface area (Å²) in [4.78, 5) is 11.5. The lowest BCUT2D eigenvalue weighted by molar-refractivity contribution is -0.144. The SMILES string of the molecule is CCCC=C(C)C(=O)OC(C)C1CC1. The van der Waals surface area contributed by atoms with Gasteiger partial charge in [0.15, 0.2) is 0 Å². The van der Waals surface area contributed by atoms with Crippen molar-refractivity contribution >= 4 is 5.97 Å². The number of unbranched alkanes of at least 4 members (excludes halogenated alkanes) is 1. The van der Waals surface area contributed by atoms with Crippen molar-refractivity contribution in [2.75, 3.05) is 0 Å². The van der Waals surface area contributed by atoms with E-state index in [0.29, 0.717) is 5.92 Å². The maximum absolute atomic E-state index is 11.5. The van der Waals surface area contributed by atoms with Crippen molar-refractivity contribution < 1.29 is 9.53 Å². The summed E-state index contributed by atoms with van der Waals surface area (Å²) in [5.74, 6) is 0.482. The van der Waals surface area contributed by atoms with Crippen LogP contribution in [0.25, 0.3) is 0 Å². The second-order valence-corrected chi connectivity index (χ2v) is 4.12. The average molecular weight is 196 g/mol. The van der Waals surface area contributed by atoms with Crippen LogP contribution in [0.2, 0.25) is 0 Å². The van der Waals surface area contributed by atoms with Crippen LogP contribution in [0.15, 0.2) is 11.6 Å². The Bertz CT molecular complexity index is 226. The van der Waals surface area contributed by atoms with Gasteiger partial charge in [-0.2, -0.15) is 0 Å². The summed E-state index contributed by atoms with van der Waals surface area (Å²) >= 11 is 0. The van der Waals surface area contributed by atoms with Crippen LogP contribution in [0.1, 0.15) is 46.5 Å². The van der Waals surface area contributed by atoms with Crippen molar-refractivity contribution in [3.63, 3.8) is 0 Å². The smallest absolute Gasteiger partial charge is 0.333 e. The van der Waals surface area contributed by atoms with Crippen LogP contribution in [-0.4, -0.2) is 12.1 Å². The predicted molar refractivity (Wildman–Crippen MR) is 56.9 cm³/mol. The van der Waals surface area contributed by atoms with Gasteiger partial charge in [0.25, 0.3) is 0 Å². The van der Waals surface area contributed by atoms with Gasteiger partial charge in [0.1, 0.15) is 6.10 Å². The fourth-order valence-corrected chi connectivity index (χ4v) is 1.37. The lowest BCUT2D eigenvalue weighted by Gasteiger charge is -2.12. The van der Waals surface area contributed by atoms with Crippen LogP contribution >= 0.6 is 0 Å². The van der Waals surface area contributed by atoms with E-state index in [4.69, 9.17) is 4.74 Å². The van der Waals surface area contributed by atoms with Gasteiger partial charge in [-0.1, -0.05) is 19.4 Å². The van der Waals surface area contributed by atoms with E-state index < -0.39 is 0 Å². The Morgan fingerprint density at radius 3 is 2.71 bits per heavy atom. The highest BCUT2D eigenvalue weighted by molar-refractivity contribution is 5.87. The second kappa shape index (κ2) is 5.18. The molecule has 14 heavy (non-hydrogen) atoms. The molecule has 0 aromatic carbocycles. The fraction of sp³-hybridized carbons (Fsp3) is 0.750. The number of carbonyl (C=O) groups excluding carboxylic acids is 1. The van der Waals surface area contributed by atoms with Crippen LogP contribution in [0.3, 0.4) is 0 Å². The monoisotopic (exact) mass is 196 g/mol.